The number of benzene rings is 2. The number of alkyl carbamates (subject to hydrolysis) is 1. The zero-order chi connectivity index (χ0) is 23.9. The largest absolute Gasteiger partial charge is 0.438 e. The Balaban J connectivity index is 1.66. The SMILES string of the molecule is CC1(O)CC(OC(=O)NC(C)(C)C)(c2ccc(-c3nnc(N)cc3-c3ccccc3)cc2)C1. The fraction of sp³-hybridized carbons (Fsp3) is 0.346. The van der Waals surface area contributed by atoms with Crippen LogP contribution in [0.5, 0.6) is 0 Å². The van der Waals surface area contributed by atoms with E-state index in [-0.39, 0.29) is 0 Å². The number of nitrogens with two attached hydrogens (primary N) is 1. The van der Waals surface area contributed by atoms with Gasteiger partial charge in [0.15, 0.2) is 0 Å². The van der Waals surface area contributed by atoms with Gasteiger partial charge in [-0.1, -0.05) is 54.6 Å². The van der Waals surface area contributed by atoms with Crippen LogP contribution in [-0.4, -0.2) is 32.5 Å². The van der Waals surface area contributed by atoms with Crippen LogP contribution < -0.4 is 11.1 Å². The van der Waals surface area contributed by atoms with E-state index < -0.39 is 22.8 Å². The minimum absolute atomic E-state index is 0.327. The Kier molecular flexibility index (Phi) is 5.62. The van der Waals surface area contributed by atoms with Gasteiger partial charge in [-0.25, -0.2) is 4.79 Å². The van der Waals surface area contributed by atoms with Crippen molar-refractivity contribution in [3.63, 3.8) is 0 Å². The lowest BCUT2D eigenvalue weighted by atomic mass is 9.65. The number of carbonyl (C=O) groups excluding carboxylic acids is 1. The fourth-order valence-electron chi connectivity index (χ4n) is 4.41. The second-order valence-corrected chi connectivity index (χ2v) is 10.1. The molecular formula is C26H30N4O3. The van der Waals surface area contributed by atoms with Gasteiger partial charge in [0.25, 0.3) is 0 Å². The molecule has 4 rings (SSSR count). The van der Waals surface area contributed by atoms with Gasteiger partial charge >= 0.3 is 6.09 Å². The maximum Gasteiger partial charge on any atom is 0.408 e. The minimum atomic E-state index is -0.885. The molecule has 0 bridgehead atoms. The van der Waals surface area contributed by atoms with Crippen molar-refractivity contribution >= 4 is 11.9 Å². The van der Waals surface area contributed by atoms with Gasteiger partial charge in [-0.15, -0.1) is 10.2 Å². The van der Waals surface area contributed by atoms with Gasteiger partial charge in [-0.3, -0.25) is 0 Å². The molecule has 0 spiro atoms. The van der Waals surface area contributed by atoms with Crippen molar-refractivity contribution in [3.05, 3.63) is 66.2 Å². The van der Waals surface area contributed by atoms with Crippen molar-refractivity contribution in [2.75, 3.05) is 5.73 Å². The Labute approximate surface area is 194 Å². The molecule has 172 valence electrons. The lowest BCUT2D eigenvalue weighted by Crippen LogP contribution is -2.57. The van der Waals surface area contributed by atoms with Crippen LogP contribution in [0.2, 0.25) is 0 Å². The normalized spacial score (nSPS) is 22.3. The molecule has 2 aromatic carbocycles. The fourth-order valence-corrected chi connectivity index (χ4v) is 4.41. The molecule has 1 amide bonds. The summed E-state index contributed by atoms with van der Waals surface area (Å²) in [5, 5.41) is 21.7. The summed E-state index contributed by atoms with van der Waals surface area (Å²) in [6.45, 7) is 7.43. The highest BCUT2D eigenvalue weighted by Crippen LogP contribution is 2.51. The molecule has 0 radical (unpaired) electrons. The van der Waals surface area contributed by atoms with E-state index in [0.29, 0.717) is 24.4 Å². The van der Waals surface area contributed by atoms with E-state index in [0.717, 1.165) is 22.3 Å². The Morgan fingerprint density at radius 2 is 1.67 bits per heavy atom. The average Bonchev–Trinajstić information content (AvgIpc) is 2.71. The van der Waals surface area contributed by atoms with Crippen LogP contribution in [0.3, 0.4) is 0 Å². The summed E-state index contributed by atoms with van der Waals surface area (Å²) in [7, 11) is 0. The number of aliphatic hydroxyl groups is 1. The maximum absolute atomic E-state index is 12.5. The quantitative estimate of drug-likeness (QED) is 0.538. The Morgan fingerprint density at radius 3 is 2.24 bits per heavy atom. The Hall–Kier alpha value is -3.45. The van der Waals surface area contributed by atoms with E-state index in [4.69, 9.17) is 10.5 Å². The van der Waals surface area contributed by atoms with Crippen molar-refractivity contribution in [3.8, 4) is 22.4 Å². The molecule has 1 saturated carbocycles. The molecule has 0 aliphatic heterocycles. The molecule has 0 unspecified atom stereocenters. The predicted octanol–water partition coefficient (Wildman–Crippen LogP) is 4.66. The number of aromatic nitrogens is 2. The van der Waals surface area contributed by atoms with Crippen molar-refractivity contribution in [2.24, 2.45) is 0 Å². The number of nitrogen functional groups attached to an aromatic ring is 1. The number of rotatable bonds is 4. The molecule has 1 aromatic heterocycles. The molecule has 1 aliphatic carbocycles. The molecule has 3 aromatic rings. The lowest BCUT2D eigenvalue weighted by Gasteiger charge is -2.51. The lowest BCUT2D eigenvalue weighted by molar-refractivity contribution is -0.176. The van der Waals surface area contributed by atoms with Crippen molar-refractivity contribution in [2.45, 2.75) is 57.3 Å². The maximum atomic E-state index is 12.5. The van der Waals surface area contributed by atoms with E-state index in [1.807, 2.05) is 81.4 Å². The second kappa shape index (κ2) is 8.15. The van der Waals surface area contributed by atoms with Crippen LogP contribution in [0.25, 0.3) is 22.4 Å². The highest BCUT2D eigenvalue weighted by molar-refractivity contribution is 5.81. The highest BCUT2D eigenvalue weighted by atomic mass is 16.6. The first kappa shape index (κ1) is 22.7. The zero-order valence-corrected chi connectivity index (χ0v) is 19.4. The molecule has 7 nitrogen and oxygen atoms in total. The first-order valence-corrected chi connectivity index (χ1v) is 11.0. The first-order valence-electron chi connectivity index (χ1n) is 11.0. The summed E-state index contributed by atoms with van der Waals surface area (Å²) in [4.78, 5) is 12.5. The minimum Gasteiger partial charge on any atom is -0.438 e. The van der Waals surface area contributed by atoms with E-state index >= 15 is 0 Å². The number of nitrogens with one attached hydrogen (secondary N) is 1. The number of anilines is 1. The van der Waals surface area contributed by atoms with E-state index in [1.165, 1.54) is 0 Å². The van der Waals surface area contributed by atoms with Crippen LogP contribution >= 0.6 is 0 Å². The summed E-state index contributed by atoms with van der Waals surface area (Å²) in [5.41, 5.74) is 8.01. The molecule has 7 heteroatoms. The highest BCUT2D eigenvalue weighted by Gasteiger charge is 2.55. The third-order valence-electron chi connectivity index (χ3n) is 5.68. The summed E-state index contributed by atoms with van der Waals surface area (Å²) in [6, 6.07) is 19.4. The van der Waals surface area contributed by atoms with Gasteiger partial charge in [-0.05, 0) is 44.9 Å². The van der Waals surface area contributed by atoms with Crippen LogP contribution in [0.4, 0.5) is 10.6 Å². The summed E-state index contributed by atoms with van der Waals surface area (Å²) in [5.74, 6) is 0.350. The van der Waals surface area contributed by atoms with Crippen LogP contribution in [0.1, 0.15) is 46.1 Å². The average molecular weight is 447 g/mol. The van der Waals surface area contributed by atoms with Crippen molar-refractivity contribution in [1.82, 2.24) is 15.5 Å². The van der Waals surface area contributed by atoms with Gasteiger partial charge in [-0.2, -0.15) is 0 Å². The number of hydrogen-bond donors (Lipinski definition) is 3. The Morgan fingerprint density at radius 1 is 1.03 bits per heavy atom. The number of ether oxygens (including phenoxy) is 1. The summed E-state index contributed by atoms with van der Waals surface area (Å²) < 4.78 is 5.87. The summed E-state index contributed by atoms with van der Waals surface area (Å²) in [6.07, 6.45) is 0.152. The molecule has 33 heavy (non-hydrogen) atoms. The number of carbonyl (C=O) groups is 1. The molecule has 0 atom stereocenters. The van der Waals surface area contributed by atoms with Gasteiger partial charge < -0.3 is 20.9 Å². The predicted molar refractivity (Wildman–Crippen MR) is 128 cm³/mol. The topological polar surface area (TPSA) is 110 Å². The molecule has 0 saturated heterocycles. The molecule has 1 heterocycles. The smallest absolute Gasteiger partial charge is 0.408 e. The van der Waals surface area contributed by atoms with E-state index in [2.05, 4.69) is 15.5 Å². The van der Waals surface area contributed by atoms with E-state index in [9.17, 15) is 9.90 Å². The number of hydrogen-bond acceptors (Lipinski definition) is 6. The van der Waals surface area contributed by atoms with Gasteiger partial charge in [0.2, 0.25) is 0 Å². The second-order valence-electron chi connectivity index (χ2n) is 10.1. The molecule has 4 N–H and O–H groups in total. The monoisotopic (exact) mass is 446 g/mol. The van der Waals surface area contributed by atoms with Gasteiger partial charge in [0.05, 0.1) is 5.60 Å². The number of nitrogens with zero attached hydrogens (tertiary/aromatic N) is 2. The van der Waals surface area contributed by atoms with Gasteiger partial charge in [0.1, 0.15) is 17.1 Å². The summed E-state index contributed by atoms with van der Waals surface area (Å²) >= 11 is 0. The third kappa shape index (κ3) is 4.98. The molecule has 1 aliphatic rings. The van der Waals surface area contributed by atoms with Crippen LogP contribution in [-0.2, 0) is 10.3 Å². The zero-order valence-electron chi connectivity index (χ0n) is 19.4. The van der Waals surface area contributed by atoms with E-state index in [1.54, 1.807) is 6.92 Å². The van der Waals surface area contributed by atoms with Gasteiger partial charge in [0, 0.05) is 29.5 Å². The van der Waals surface area contributed by atoms with Crippen molar-refractivity contribution in [1.29, 1.82) is 0 Å². The van der Waals surface area contributed by atoms with Crippen LogP contribution in [0.15, 0.2) is 60.7 Å². The van der Waals surface area contributed by atoms with Crippen LogP contribution in [0, 0.1) is 0 Å². The third-order valence-corrected chi connectivity index (χ3v) is 5.68. The Bertz CT molecular complexity index is 1140. The van der Waals surface area contributed by atoms with Crippen molar-refractivity contribution < 1.29 is 14.6 Å². The standard InChI is InChI=1S/C26H30N4O3/c1-24(2,3)28-23(31)33-26(15-25(4,32)16-26)19-12-10-18(11-13-19)22-20(14-21(27)29-30-22)17-8-6-5-7-9-17/h5-14,32H,15-16H2,1-4H3,(H2,27,29)(H,28,31). The first-order chi connectivity index (χ1) is 15.5. The molecule has 1 fully saturated rings. The number of amides is 1. The molecular weight excluding hydrogens is 416 g/mol.